The van der Waals surface area contributed by atoms with Gasteiger partial charge < -0.3 is 0 Å². The van der Waals surface area contributed by atoms with Crippen molar-refractivity contribution >= 4 is 11.4 Å². The maximum Gasteiger partial charge on any atom is 0.159 e. The van der Waals surface area contributed by atoms with Gasteiger partial charge in [0.1, 0.15) is 0 Å². The highest BCUT2D eigenvalue weighted by Crippen LogP contribution is 2.65. The molecule has 0 heterocycles. The highest BCUT2D eigenvalue weighted by molar-refractivity contribution is 5.95. The molecule has 0 aromatic heterocycles. The fraction of sp³-hybridized carbons (Fsp3) is 0.192. The van der Waals surface area contributed by atoms with E-state index in [1.54, 1.807) is 6.92 Å². The van der Waals surface area contributed by atoms with E-state index in [1.165, 1.54) is 27.9 Å². The minimum atomic E-state index is -0.105. The van der Waals surface area contributed by atoms with E-state index in [1.807, 2.05) is 12.1 Å². The summed E-state index contributed by atoms with van der Waals surface area (Å²) in [5.74, 6) is 0.103. The SMILES string of the molecule is CC(=O)c1ccc(C2=C3C=CC4=CC=CC5=CC=C(C=C2)[C@@]3(C)[C@@]45C)cc1. The second-order valence-corrected chi connectivity index (χ2v) is 8.10. The summed E-state index contributed by atoms with van der Waals surface area (Å²) < 4.78 is 0. The molecule has 5 rings (SSSR count). The average Bonchev–Trinajstić information content (AvgIpc) is 2.66. The molecular formula is C26H22O. The Bertz CT molecular complexity index is 1100. The molecule has 0 fully saturated rings. The number of rotatable bonds is 2. The van der Waals surface area contributed by atoms with Gasteiger partial charge in [-0.1, -0.05) is 92.8 Å². The molecule has 1 nitrogen and oxygen atoms in total. The van der Waals surface area contributed by atoms with Gasteiger partial charge in [-0.05, 0) is 40.4 Å². The Labute approximate surface area is 160 Å². The molecule has 0 aliphatic heterocycles. The lowest BCUT2D eigenvalue weighted by atomic mass is 9.46. The van der Waals surface area contributed by atoms with E-state index in [0.29, 0.717) is 0 Å². The highest BCUT2D eigenvalue weighted by atomic mass is 16.1. The van der Waals surface area contributed by atoms with E-state index in [2.05, 4.69) is 80.7 Å². The Morgan fingerprint density at radius 3 is 2.07 bits per heavy atom. The molecule has 0 saturated carbocycles. The van der Waals surface area contributed by atoms with Gasteiger partial charge in [0, 0.05) is 16.4 Å². The Balaban J connectivity index is 1.76. The molecule has 4 aliphatic carbocycles. The van der Waals surface area contributed by atoms with Crippen molar-refractivity contribution in [1.82, 2.24) is 0 Å². The molecule has 0 radical (unpaired) electrons. The first-order chi connectivity index (χ1) is 13.0. The summed E-state index contributed by atoms with van der Waals surface area (Å²) in [6, 6.07) is 8.01. The summed E-state index contributed by atoms with van der Waals surface area (Å²) in [6.07, 6.45) is 20.3. The molecular weight excluding hydrogens is 328 g/mol. The highest BCUT2D eigenvalue weighted by Gasteiger charge is 2.56. The molecule has 0 unspecified atom stereocenters. The van der Waals surface area contributed by atoms with Gasteiger partial charge in [-0.3, -0.25) is 4.79 Å². The number of carbonyl (C=O) groups excluding carboxylic acids is 1. The van der Waals surface area contributed by atoms with Crippen LogP contribution in [0.4, 0.5) is 0 Å². The monoisotopic (exact) mass is 350 g/mol. The molecule has 0 amide bonds. The van der Waals surface area contributed by atoms with Crippen LogP contribution >= 0.6 is 0 Å². The van der Waals surface area contributed by atoms with Crippen molar-refractivity contribution < 1.29 is 4.79 Å². The fourth-order valence-corrected chi connectivity index (χ4v) is 5.16. The summed E-state index contributed by atoms with van der Waals surface area (Å²) >= 11 is 0. The first kappa shape index (κ1) is 16.3. The molecule has 0 saturated heterocycles. The zero-order valence-corrected chi connectivity index (χ0v) is 15.9. The Hall–Kier alpha value is -2.93. The Morgan fingerprint density at radius 1 is 0.741 bits per heavy atom. The standard InChI is InChI=1S/C26H22O/c1-17(27)18-7-9-19(10-8-18)23-15-13-22-12-11-20-5-4-6-21-14-16-24(23)26(22,3)25(20,21)2/h4-16H,1-3H3/t25-,26-/m1/s1. The summed E-state index contributed by atoms with van der Waals surface area (Å²) in [6.45, 7) is 6.37. The summed E-state index contributed by atoms with van der Waals surface area (Å²) in [5, 5.41) is 0. The minimum Gasteiger partial charge on any atom is -0.295 e. The number of ketones is 1. The number of allylic oxidation sites excluding steroid dienone is 14. The first-order valence-corrected chi connectivity index (χ1v) is 9.50. The van der Waals surface area contributed by atoms with Gasteiger partial charge >= 0.3 is 0 Å². The van der Waals surface area contributed by atoms with Crippen molar-refractivity contribution in [2.24, 2.45) is 10.8 Å². The van der Waals surface area contributed by atoms with Gasteiger partial charge in [-0.25, -0.2) is 0 Å². The van der Waals surface area contributed by atoms with Crippen LogP contribution in [0.2, 0.25) is 0 Å². The van der Waals surface area contributed by atoms with Gasteiger partial charge in [0.25, 0.3) is 0 Å². The van der Waals surface area contributed by atoms with Crippen molar-refractivity contribution in [2.75, 3.05) is 0 Å². The average molecular weight is 350 g/mol. The Morgan fingerprint density at radius 2 is 1.37 bits per heavy atom. The van der Waals surface area contributed by atoms with Crippen LogP contribution in [0.5, 0.6) is 0 Å². The number of Topliss-reactive ketones (excluding diaryl/α,β-unsaturated/α-hetero) is 1. The molecule has 0 spiro atoms. The van der Waals surface area contributed by atoms with E-state index in [9.17, 15) is 4.79 Å². The van der Waals surface area contributed by atoms with Crippen LogP contribution in [0, 0.1) is 10.8 Å². The van der Waals surface area contributed by atoms with Crippen LogP contribution in [0.3, 0.4) is 0 Å². The first-order valence-electron chi connectivity index (χ1n) is 9.50. The van der Waals surface area contributed by atoms with Gasteiger partial charge in [0.15, 0.2) is 5.78 Å². The smallest absolute Gasteiger partial charge is 0.159 e. The van der Waals surface area contributed by atoms with Gasteiger partial charge in [0.05, 0.1) is 0 Å². The van der Waals surface area contributed by atoms with Crippen LogP contribution in [0.1, 0.15) is 36.7 Å². The van der Waals surface area contributed by atoms with E-state index in [4.69, 9.17) is 0 Å². The van der Waals surface area contributed by atoms with Gasteiger partial charge in [0.2, 0.25) is 0 Å². The molecule has 27 heavy (non-hydrogen) atoms. The maximum atomic E-state index is 11.6. The van der Waals surface area contributed by atoms with Crippen molar-refractivity contribution in [1.29, 1.82) is 0 Å². The van der Waals surface area contributed by atoms with Crippen molar-refractivity contribution in [3.63, 3.8) is 0 Å². The zero-order chi connectivity index (χ0) is 18.8. The minimum absolute atomic E-state index is 0.0642. The third kappa shape index (κ3) is 1.92. The lowest BCUT2D eigenvalue weighted by Crippen LogP contribution is -2.47. The normalized spacial score (nSPS) is 29.8. The second-order valence-electron chi connectivity index (χ2n) is 8.10. The lowest BCUT2D eigenvalue weighted by molar-refractivity contribution is 0.101. The number of benzene rings is 1. The van der Waals surface area contributed by atoms with E-state index < -0.39 is 0 Å². The lowest BCUT2D eigenvalue weighted by Gasteiger charge is -2.56. The largest absolute Gasteiger partial charge is 0.295 e. The van der Waals surface area contributed by atoms with E-state index in [0.717, 1.165) is 11.1 Å². The molecule has 2 atom stereocenters. The third-order valence-electron chi connectivity index (χ3n) is 7.02. The molecule has 4 aliphatic rings. The van der Waals surface area contributed by atoms with E-state index in [-0.39, 0.29) is 16.6 Å². The predicted octanol–water partition coefficient (Wildman–Crippen LogP) is 6.16. The quantitative estimate of drug-likeness (QED) is 0.584. The molecule has 0 N–H and O–H groups in total. The molecule has 0 bridgehead atoms. The number of carbonyl (C=O) groups is 1. The number of hydrogen-bond acceptors (Lipinski definition) is 1. The maximum absolute atomic E-state index is 11.6. The topological polar surface area (TPSA) is 17.1 Å². The van der Waals surface area contributed by atoms with Crippen LogP contribution in [-0.2, 0) is 0 Å². The molecule has 1 aromatic rings. The predicted molar refractivity (Wildman–Crippen MR) is 111 cm³/mol. The Kier molecular flexibility index (Phi) is 3.19. The molecule has 1 aromatic carbocycles. The van der Waals surface area contributed by atoms with Gasteiger partial charge in [-0.2, -0.15) is 0 Å². The van der Waals surface area contributed by atoms with Gasteiger partial charge in [-0.15, -0.1) is 0 Å². The third-order valence-corrected chi connectivity index (χ3v) is 7.02. The summed E-state index contributed by atoms with van der Waals surface area (Å²) in [4.78, 5) is 11.6. The van der Waals surface area contributed by atoms with Crippen molar-refractivity contribution in [3.8, 4) is 0 Å². The molecule has 132 valence electrons. The van der Waals surface area contributed by atoms with Crippen molar-refractivity contribution in [3.05, 3.63) is 112 Å². The van der Waals surface area contributed by atoms with Crippen LogP contribution in [-0.4, -0.2) is 5.78 Å². The molecule has 1 heteroatoms. The summed E-state index contributed by atoms with van der Waals surface area (Å²) in [5.41, 5.74) is 8.45. The fourth-order valence-electron chi connectivity index (χ4n) is 5.16. The number of hydrogen-bond donors (Lipinski definition) is 0. The van der Waals surface area contributed by atoms with Crippen LogP contribution in [0.25, 0.3) is 5.57 Å². The van der Waals surface area contributed by atoms with E-state index >= 15 is 0 Å². The second kappa shape index (κ2) is 5.29. The van der Waals surface area contributed by atoms with Crippen molar-refractivity contribution in [2.45, 2.75) is 20.8 Å². The van der Waals surface area contributed by atoms with Crippen LogP contribution in [0.15, 0.2) is 101 Å². The summed E-state index contributed by atoms with van der Waals surface area (Å²) in [7, 11) is 0. The zero-order valence-electron chi connectivity index (χ0n) is 15.9. The van der Waals surface area contributed by atoms with Crippen LogP contribution < -0.4 is 0 Å².